The van der Waals surface area contributed by atoms with Gasteiger partial charge in [-0.25, -0.2) is 9.69 Å². The van der Waals surface area contributed by atoms with Gasteiger partial charge in [-0.15, -0.1) is 0 Å². The number of aromatic hydroxyl groups is 1. The predicted molar refractivity (Wildman–Crippen MR) is 99.8 cm³/mol. The Morgan fingerprint density at radius 3 is 2.56 bits per heavy atom. The van der Waals surface area contributed by atoms with Crippen LogP contribution in [0.2, 0.25) is 0 Å². The molecule has 1 aliphatic heterocycles. The van der Waals surface area contributed by atoms with E-state index in [0.29, 0.717) is 29.1 Å². The minimum Gasteiger partial charge on any atom is -0.508 e. The monoisotopic (exact) mass is 368 g/mol. The highest BCUT2D eigenvalue weighted by molar-refractivity contribution is 6.23. The highest BCUT2D eigenvalue weighted by atomic mass is 16.5. The van der Waals surface area contributed by atoms with Gasteiger partial charge in [0.05, 0.1) is 24.3 Å². The third-order valence-electron chi connectivity index (χ3n) is 4.30. The number of hydrogen-bond donors (Lipinski definition) is 2. The Morgan fingerprint density at radius 2 is 1.93 bits per heavy atom. The maximum absolute atomic E-state index is 12.7. The summed E-state index contributed by atoms with van der Waals surface area (Å²) in [7, 11) is 0. The number of carbonyl (C=O) groups excluding carboxylic acids is 3. The van der Waals surface area contributed by atoms with Gasteiger partial charge in [-0.3, -0.25) is 9.59 Å². The zero-order valence-corrected chi connectivity index (χ0v) is 15.1. The van der Waals surface area contributed by atoms with E-state index in [4.69, 9.17) is 4.74 Å². The summed E-state index contributed by atoms with van der Waals surface area (Å²) in [5.41, 5.74) is 2.14. The van der Waals surface area contributed by atoms with Crippen molar-refractivity contribution in [1.29, 1.82) is 0 Å². The van der Waals surface area contributed by atoms with Crippen molar-refractivity contribution in [3.63, 3.8) is 0 Å². The highest BCUT2D eigenvalue weighted by Gasteiger charge is 2.40. The number of amides is 2. The van der Waals surface area contributed by atoms with Crippen LogP contribution in [0.3, 0.4) is 0 Å². The molecule has 1 saturated heterocycles. The second-order valence-electron chi connectivity index (χ2n) is 6.24. The molecule has 7 heteroatoms. The number of aryl methyl sites for hydroxylation is 1. The van der Waals surface area contributed by atoms with Crippen molar-refractivity contribution in [2.45, 2.75) is 26.3 Å². The molecule has 27 heavy (non-hydrogen) atoms. The lowest BCUT2D eigenvalue weighted by Gasteiger charge is -2.18. The van der Waals surface area contributed by atoms with E-state index in [9.17, 15) is 19.5 Å². The van der Waals surface area contributed by atoms with Gasteiger partial charge in [0.2, 0.25) is 5.91 Å². The summed E-state index contributed by atoms with van der Waals surface area (Å²) in [6.07, 6.45) is 0.0266. The molecule has 2 amide bonds. The summed E-state index contributed by atoms with van der Waals surface area (Å²) in [5.74, 6) is -1.01. The average molecular weight is 368 g/mol. The molecule has 0 radical (unpaired) electrons. The van der Waals surface area contributed by atoms with Crippen LogP contribution in [0.4, 0.5) is 11.4 Å². The van der Waals surface area contributed by atoms with Crippen LogP contribution in [-0.2, 0) is 14.3 Å². The van der Waals surface area contributed by atoms with Crippen molar-refractivity contribution in [3.05, 3.63) is 53.6 Å². The zero-order valence-electron chi connectivity index (χ0n) is 15.1. The van der Waals surface area contributed by atoms with E-state index < -0.39 is 12.0 Å². The first kappa shape index (κ1) is 18.4. The van der Waals surface area contributed by atoms with Gasteiger partial charge in [-0.2, -0.15) is 0 Å². The van der Waals surface area contributed by atoms with E-state index in [-0.39, 0.29) is 24.0 Å². The van der Waals surface area contributed by atoms with Gasteiger partial charge < -0.3 is 15.2 Å². The number of carbonyl (C=O) groups is 3. The number of hydrogen-bond acceptors (Lipinski definition) is 6. The van der Waals surface area contributed by atoms with Crippen LogP contribution in [-0.4, -0.2) is 35.5 Å². The van der Waals surface area contributed by atoms with E-state index in [1.54, 1.807) is 44.2 Å². The summed E-state index contributed by atoms with van der Waals surface area (Å²) in [5, 5.41) is 12.6. The van der Waals surface area contributed by atoms with E-state index >= 15 is 0 Å². The van der Waals surface area contributed by atoms with E-state index in [2.05, 4.69) is 5.32 Å². The Morgan fingerprint density at radius 1 is 1.22 bits per heavy atom. The molecule has 7 nitrogen and oxygen atoms in total. The minimum absolute atomic E-state index is 0.0266. The number of phenolic OH excluding ortho intramolecular Hbond substituents is 1. The van der Waals surface area contributed by atoms with Gasteiger partial charge >= 0.3 is 5.97 Å². The molecule has 1 heterocycles. The van der Waals surface area contributed by atoms with Gasteiger partial charge in [0.25, 0.3) is 5.91 Å². The Kier molecular flexibility index (Phi) is 5.12. The summed E-state index contributed by atoms with van der Waals surface area (Å²) in [6.45, 7) is 3.76. The fourth-order valence-electron chi connectivity index (χ4n) is 3.01. The molecule has 1 unspecified atom stereocenters. The van der Waals surface area contributed by atoms with Gasteiger partial charge in [-0.1, -0.05) is 0 Å². The fraction of sp³-hybridized carbons (Fsp3) is 0.250. The Hall–Kier alpha value is -3.35. The number of nitrogens with zero attached hydrogens (tertiary/aromatic N) is 1. The summed E-state index contributed by atoms with van der Waals surface area (Å²) in [4.78, 5) is 37.9. The highest BCUT2D eigenvalue weighted by Crippen LogP contribution is 2.29. The van der Waals surface area contributed by atoms with Crippen molar-refractivity contribution < 1.29 is 24.2 Å². The van der Waals surface area contributed by atoms with Crippen LogP contribution in [0, 0.1) is 6.92 Å². The number of imide groups is 1. The SMILES string of the molecule is CCOC(=O)c1ccc(NC2CC(=O)N(c3ccc(O)cc3C)C2=O)cc1. The van der Waals surface area contributed by atoms with Crippen LogP contribution in [0.25, 0.3) is 0 Å². The molecule has 2 N–H and O–H groups in total. The first-order chi connectivity index (χ1) is 12.9. The minimum atomic E-state index is -0.695. The molecule has 140 valence electrons. The van der Waals surface area contributed by atoms with Crippen LogP contribution < -0.4 is 10.2 Å². The summed E-state index contributed by atoms with van der Waals surface area (Å²) < 4.78 is 4.93. The van der Waals surface area contributed by atoms with Gasteiger partial charge in [0.15, 0.2) is 0 Å². The maximum Gasteiger partial charge on any atom is 0.338 e. The standard InChI is InChI=1S/C20H20N2O5/c1-3-27-20(26)13-4-6-14(7-5-13)21-16-11-18(24)22(19(16)25)17-9-8-15(23)10-12(17)2/h4-10,16,21,23H,3,11H2,1-2H3. The van der Waals surface area contributed by atoms with Crippen molar-refractivity contribution in [2.24, 2.45) is 0 Å². The van der Waals surface area contributed by atoms with Gasteiger partial charge in [-0.05, 0) is 61.9 Å². The molecule has 0 saturated carbocycles. The van der Waals surface area contributed by atoms with Gasteiger partial charge in [0, 0.05) is 5.69 Å². The summed E-state index contributed by atoms with van der Waals surface area (Å²) >= 11 is 0. The molecule has 1 aliphatic rings. The molecule has 0 aromatic heterocycles. The lowest BCUT2D eigenvalue weighted by molar-refractivity contribution is -0.121. The van der Waals surface area contributed by atoms with Crippen molar-refractivity contribution in [1.82, 2.24) is 0 Å². The predicted octanol–water partition coefficient (Wildman–Crippen LogP) is 2.62. The Labute approximate surface area is 156 Å². The number of benzene rings is 2. The van der Waals surface area contributed by atoms with E-state index in [1.807, 2.05) is 0 Å². The first-order valence-electron chi connectivity index (χ1n) is 8.61. The van der Waals surface area contributed by atoms with E-state index in [0.717, 1.165) is 4.90 Å². The number of anilines is 2. The molecule has 0 spiro atoms. The molecule has 0 bridgehead atoms. The lowest BCUT2D eigenvalue weighted by atomic mass is 10.1. The Balaban J connectivity index is 1.74. The smallest absolute Gasteiger partial charge is 0.338 e. The molecule has 0 aliphatic carbocycles. The molecule has 1 fully saturated rings. The zero-order chi connectivity index (χ0) is 19.6. The number of esters is 1. The van der Waals surface area contributed by atoms with Crippen molar-refractivity contribution in [3.8, 4) is 5.75 Å². The second kappa shape index (κ2) is 7.49. The lowest BCUT2D eigenvalue weighted by Crippen LogP contribution is -2.35. The molecule has 3 rings (SSSR count). The third kappa shape index (κ3) is 3.76. The first-order valence-corrected chi connectivity index (χ1v) is 8.61. The third-order valence-corrected chi connectivity index (χ3v) is 4.30. The molecular weight excluding hydrogens is 348 g/mol. The number of rotatable bonds is 5. The molecule has 2 aromatic carbocycles. The van der Waals surface area contributed by atoms with Crippen LogP contribution in [0.1, 0.15) is 29.3 Å². The number of nitrogens with one attached hydrogen (secondary N) is 1. The topological polar surface area (TPSA) is 95.9 Å². The van der Waals surface area contributed by atoms with Crippen molar-refractivity contribution >= 4 is 29.2 Å². The number of phenols is 1. The molecule has 1 atom stereocenters. The average Bonchev–Trinajstić information content (AvgIpc) is 2.90. The van der Waals surface area contributed by atoms with Crippen molar-refractivity contribution in [2.75, 3.05) is 16.8 Å². The fourth-order valence-corrected chi connectivity index (χ4v) is 3.01. The quantitative estimate of drug-likeness (QED) is 0.622. The maximum atomic E-state index is 12.7. The second-order valence-corrected chi connectivity index (χ2v) is 6.24. The van der Waals surface area contributed by atoms with E-state index in [1.165, 1.54) is 12.1 Å². The normalized spacial score (nSPS) is 16.5. The van der Waals surface area contributed by atoms with Crippen LogP contribution in [0.15, 0.2) is 42.5 Å². The Bertz CT molecular complexity index is 892. The number of ether oxygens (including phenoxy) is 1. The van der Waals surface area contributed by atoms with Gasteiger partial charge in [0.1, 0.15) is 11.8 Å². The summed E-state index contributed by atoms with van der Waals surface area (Å²) in [6, 6.07) is 10.3. The molecule has 2 aromatic rings. The van der Waals surface area contributed by atoms with Crippen LogP contribution in [0.5, 0.6) is 5.75 Å². The van der Waals surface area contributed by atoms with Crippen LogP contribution >= 0.6 is 0 Å². The largest absolute Gasteiger partial charge is 0.508 e. The molecular formula is C20H20N2O5.